The van der Waals surface area contributed by atoms with Crippen LogP contribution in [0, 0.1) is 5.21 Å². The maximum atomic E-state index is 16.4. The molecule has 3 aromatic rings. The summed E-state index contributed by atoms with van der Waals surface area (Å²) in [5, 5.41) is 19.0. The van der Waals surface area contributed by atoms with Crippen molar-refractivity contribution in [3.8, 4) is 5.88 Å². The van der Waals surface area contributed by atoms with Gasteiger partial charge in [-0.25, -0.2) is 13.2 Å². The maximum absolute atomic E-state index is 16.4. The second-order valence-electron chi connectivity index (χ2n) is 17.3. The van der Waals surface area contributed by atoms with Crippen LogP contribution in [0.25, 0.3) is 0 Å². The molecule has 1 saturated heterocycles. The number of nitrogens with one attached hydrogen (secondary N) is 2. The van der Waals surface area contributed by atoms with Gasteiger partial charge in [-0.1, -0.05) is 59.7 Å². The standard InChI is InChI=1S/C36H54F2N6O11SSi2/c1-23(21-51-30-31(44(48)55-42-30)56(49,50)24-15-13-12-14-16-24)39-27(45)17-18-28(46)40-26-19-20-43(33(47)41-26)32-36(37,38)29(54-58(10,11)35(5,6)7)25(53-32)22-52-57(8,9)34(2,3)4/h12-16,19-20,23,25,29,32H,17-18,21-22H2,1-11H3,(H,39,45)(H,40,41,46,47)/t23?,25-,29-,32-/m1/s1. The SMILES string of the molecule is CC(COc1no[n+]([O-])c1S(=O)(=O)c1ccccc1)NC(=O)CCC(=O)Nc1ccn([C@@H]2O[C@H](CO[Si](C)(C)C(C)(C)C)[C@@H](O[Si](C)(C)C(C)(C)C)C2(F)F)c(=O)n1. The lowest BCUT2D eigenvalue weighted by molar-refractivity contribution is -0.832. The van der Waals surface area contributed by atoms with E-state index >= 15 is 8.78 Å². The molecule has 2 N–H and O–H groups in total. The van der Waals surface area contributed by atoms with Crippen molar-refractivity contribution in [3.63, 3.8) is 0 Å². The van der Waals surface area contributed by atoms with Gasteiger partial charge in [0, 0.05) is 19.0 Å². The zero-order valence-electron chi connectivity index (χ0n) is 34.6. The highest BCUT2D eigenvalue weighted by Crippen LogP contribution is 2.48. The van der Waals surface area contributed by atoms with Gasteiger partial charge in [-0.3, -0.25) is 18.8 Å². The van der Waals surface area contributed by atoms with Crippen molar-refractivity contribution < 1.29 is 54.6 Å². The first-order valence-electron chi connectivity index (χ1n) is 18.6. The molecule has 1 aromatic carbocycles. The summed E-state index contributed by atoms with van der Waals surface area (Å²) in [5.74, 6) is -5.79. The zero-order valence-corrected chi connectivity index (χ0v) is 37.4. The number of carbonyl (C=O) groups excluding carboxylic acids is 2. The van der Waals surface area contributed by atoms with Crippen molar-refractivity contribution >= 4 is 44.1 Å². The van der Waals surface area contributed by atoms with E-state index < -0.39 is 90.3 Å². The maximum Gasteiger partial charge on any atom is 0.415 e. The Kier molecular flexibility index (Phi) is 13.9. The van der Waals surface area contributed by atoms with Gasteiger partial charge in [0.25, 0.3) is 9.84 Å². The number of aromatic nitrogens is 4. The van der Waals surface area contributed by atoms with Crippen molar-refractivity contribution in [2.75, 3.05) is 18.5 Å². The number of amides is 2. The van der Waals surface area contributed by atoms with E-state index in [1.54, 1.807) is 6.07 Å². The van der Waals surface area contributed by atoms with E-state index in [1.165, 1.54) is 37.3 Å². The van der Waals surface area contributed by atoms with E-state index in [0.29, 0.717) is 4.57 Å². The number of rotatable bonds is 16. The third-order valence-corrected chi connectivity index (χ3v) is 21.3. The molecular weight excluding hydrogens is 819 g/mol. The van der Waals surface area contributed by atoms with E-state index in [9.17, 15) is 28.0 Å². The zero-order chi connectivity index (χ0) is 43.6. The molecule has 0 bridgehead atoms. The van der Waals surface area contributed by atoms with Crippen molar-refractivity contribution in [2.24, 2.45) is 0 Å². The minimum atomic E-state index is -4.35. The number of alkyl halides is 2. The highest BCUT2D eigenvalue weighted by atomic mass is 32.2. The van der Waals surface area contributed by atoms with Crippen LogP contribution >= 0.6 is 0 Å². The smallest absolute Gasteiger partial charge is 0.415 e. The Morgan fingerprint density at radius 2 is 1.62 bits per heavy atom. The summed E-state index contributed by atoms with van der Waals surface area (Å²) >= 11 is 0. The van der Waals surface area contributed by atoms with Crippen LogP contribution < -0.4 is 26.0 Å². The molecule has 2 amide bonds. The summed E-state index contributed by atoms with van der Waals surface area (Å²) in [6.07, 6.45) is -4.60. The Morgan fingerprint density at radius 3 is 2.21 bits per heavy atom. The molecule has 0 aliphatic carbocycles. The lowest BCUT2D eigenvalue weighted by atomic mass is 10.1. The van der Waals surface area contributed by atoms with Crippen LogP contribution in [0.4, 0.5) is 14.6 Å². The Hall–Kier alpha value is -4.10. The fraction of sp³-hybridized carbons (Fsp3) is 0.611. The van der Waals surface area contributed by atoms with Crippen molar-refractivity contribution in [2.45, 2.75) is 138 Å². The second kappa shape index (κ2) is 17.2. The molecule has 3 heterocycles. The van der Waals surface area contributed by atoms with Crippen LogP contribution in [-0.4, -0.2) is 89.0 Å². The number of benzene rings is 1. The predicted molar refractivity (Wildman–Crippen MR) is 211 cm³/mol. The molecule has 4 atom stereocenters. The molecule has 1 unspecified atom stereocenters. The fourth-order valence-electron chi connectivity index (χ4n) is 5.18. The average molecular weight is 873 g/mol. The van der Waals surface area contributed by atoms with Crippen LogP contribution in [-0.2, 0) is 33.0 Å². The molecule has 17 nitrogen and oxygen atoms in total. The third-order valence-electron chi connectivity index (χ3n) is 10.7. The topological polar surface area (TPSA) is 217 Å². The third kappa shape index (κ3) is 10.6. The monoisotopic (exact) mass is 872 g/mol. The largest absolute Gasteiger partial charge is 0.452 e. The first kappa shape index (κ1) is 46.6. The minimum Gasteiger partial charge on any atom is -0.452 e. The summed E-state index contributed by atoms with van der Waals surface area (Å²) in [7, 11) is -9.51. The summed E-state index contributed by atoms with van der Waals surface area (Å²) in [4.78, 5) is 41.8. The molecule has 58 heavy (non-hydrogen) atoms. The van der Waals surface area contributed by atoms with E-state index in [1.807, 2.05) is 67.7 Å². The molecule has 4 rings (SSSR count). The van der Waals surface area contributed by atoms with Crippen LogP contribution in [0.1, 0.15) is 67.5 Å². The Morgan fingerprint density at radius 1 is 1.02 bits per heavy atom. The fourth-order valence-corrected chi connectivity index (χ4v) is 8.78. The number of anilines is 1. The predicted octanol–water partition coefficient (Wildman–Crippen LogP) is 4.94. The Bertz CT molecular complexity index is 2110. The first-order valence-corrected chi connectivity index (χ1v) is 25.9. The number of hydrogen-bond acceptors (Lipinski definition) is 13. The van der Waals surface area contributed by atoms with Crippen LogP contribution in [0.3, 0.4) is 0 Å². The molecule has 0 radical (unpaired) electrons. The molecule has 22 heteroatoms. The van der Waals surface area contributed by atoms with Crippen molar-refractivity contribution in [1.29, 1.82) is 0 Å². The molecule has 0 spiro atoms. The van der Waals surface area contributed by atoms with Crippen molar-refractivity contribution in [3.05, 3.63) is 58.3 Å². The lowest BCUT2D eigenvalue weighted by Crippen LogP contribution is -2.53. The van der Waals surface area contributed by atoms with E-state index in [-0.39, 0.29) is 46.7 Å². The van der Waals surface area contributed by atoms with Crippen LogP contribution in [0.5, 0.6) is 5.88 Å². The normalized spacial score (nSPS) is 19.4. The average Bonchev–Trinajstić information content (AvgIpc) is 3.60. The summed E-state index contributed by atoms with van der Waals surface area (Å²) in [6, 6.07) is 7.53. The van der Waals surface area contributed by atoms with E-state index in [2.05, 4.69) is 25.4 Å². The molecule has 2 aromatic heterocycles. The Labute approximate surface area is 338 Å². The van der Waals surface area contributed by atoms with Gasteiger partial charge in [-0.15, -0.1) is 0 Å². The summed E-state index contributed by atoms with van der Waals surface area (Å²) in [5.41, 5.74) is -1.11. The second-order valence-corrected chi connectivity index (χ2v) is 28.7. The van der Waals surface area contributed by atoms with E-state index in [4.69, 9.17) is 18.3 Å². The molecule has 0 saturated carbocycles. The number of sulfone groups is 1. The number of carbonyl (C=O) groups is 2. The minimum absolute atomic E-state index is 0.166. The van der Waals surface area contributed by atoms with Gasteiger partial charge in [0.2, 0.25) is 18.0 Å². The lowest BCUT2D eigenvalue weighted by Gasteiger charge is -2.41. The van der Waals surface area contributed by atoms with Gasteiger partial charge in [0.05, 0.1) is 22.7 Å². The molecule has 1 aliphatic heterocycles. The summed E-state index contributed by atoms with van der Waals surface area (Å²) in [6.45, 7) is 20.6. The number of hydrogen-bond donors (Lipinski definition) is 2. The first-order chi connectivity index (χ1) is 26.6. The number of halogens is 2. The Balaban J connectivity index is 1.37. The van der Waals surface area contributed by atoms with Gasteiger partial charge < -0.3 is 34.2 Å². The number of nitrogens with zero attached hydrogens (tertiary/aromatic N) is 4. The quantitative estimate of drug-likeness (QED) is 0.144. The van der Waals surface area contributed by atoms with Crippen LogP contribution in [0.2, 0.25) is 36.3 Å². The van der Waals surface area contributed by atoms with Gasteiger partial charge in [0.1, 0.15) is 24.6 Å². The number of ether oxygens (including phenoxy) is 2. The molecular formula is C36H54F2N6O11SSi2. The molecule has 1 fully saturated rings. The van der Waals surface area contributed by atoms with Gasteiger partial charge in [0.15, 0.2) is 16.6 Å². The molecule has 322 valence electrons. The van der Waals surface area contributed by atoms with Gasteiger partial charge in [-0.05, 0) is 66.3 Å². The van der Waals surface area contributed by atoms with E-state index in [0.717, 1.165) is 6.20 Å². The highest BCUT2D eigenvalue weighted by Gasteiger charge is 2.63. The van der Waals surface area contributed by atoms with Gasteiger partial charge in [-0.2, -0.15) is 13.8 Å². The highest BCUT2D eigenvalue weighted by molar-refractivity contribution is 7.91. The van der Waals surface area contributed by atoms with Gasteiger partial charge >= 0.3 is 22.5 Å². The van der Waals surface area contributed by atoms with Crippen LogP contribution in [0.15, 0.2) is 61.9 Å². The van der Waals surface area contributed by atoms with Crippen molar-refractivity contribution in [1.82, 2.24) is 20.0 Å². The summed E-state index contributed by atoms with van der Waals surface area (Å²) < 4.78 is 87.6. The molecule has 1 aliphatic rings.